The highest BCUT2D eigenvalue weighted by molar-refractivity contribution is 5.95. The van der Waals surface area contributed by atoms with Crippen molar-refractivity contribution in [1.82, 2.24) is 10.2 Å². The van der Waals surface area contributed by atoms with E-state index in [1.165, 1.54) is 6.07 Å². The predicted molar refractivity (Wildman–Crippen MR) is 83.1 cm³/mol. The van der Waals surface area contributed by atoms with Gasteiger partial charge in [0.1, 0.15) is 0 Å². The molecule has 7 heteroatoms. The molecule has 0 bridgehead atoms. The van der Waals surface area contributed by atoms with E-state index in [1.807, 2.05) is 13.8 Å². The third-order valence-electron chi connectivity index (χ3n) is 3.67. The summed E-state index contributed by atoms with van der Waals surface area (Å²) < 4.78 is 0. The van der Waals surface area contributed by atoms with Gasteiger partial charge in [0.2, 0.25) is 0 Å². The Kier molecular flexibility index (Phi) is 6.11. The minimum Gasteiger partial charge on any atom is -0.333 e. The Morgan fingerprint density at radius 1 is 1.52 bits per heavy atom. The Morgan fingerprint density at radius 3 is 2.81 bits per heavy atom. The van der Waals surface area contributed by atoms with Crippen LogP contribution in [0.1, 0.15) is 29.8 Å². The molecule has 1 N–H and O–H groups in total. The van der Waals surface area contributed by atoms with Crippen LogP contribution < -0.4 is 5.32 Å². The summed E-state index contributed by atoms with van der Waals surface area (Å²) in [4.78, 5) is 24.9. The van der Waals surface area contributed by atoms with Gasteiger partial charge in [0, 0.05) is 42.9 Å². The fourth-order valence-electron chi connectivity index (χ4n) is 2.47. The number of carbonyl (C=O) groups excluding carboxylic acids is 1. The van der Waals surface area contributed by atoms with Crippen LogP contribution in [0.3, 0.4) is 0 Å². The van der Waals surface area contributed by atoms with E-state index < -0.39 is 4.92 Å². The standard InChI is InChI=1S/C14H19N3O3.ClH/c1-3-11-4-5-12(8-13(11)17(19)20)14(18)16-7-6-15-9-10(16)2;/h4-5,8,10,15H,3,6-7,9H2,1-2H3;1H/t10-;/m1./s1. The van der Waals surface area contributed by atoms with Crippen LogP contribution >= 0.6 is 12.4 Å². The second-order valence-electron chi connectivity index (χ2n) is 5.01. The van der Waals surface area contributed by atoms with Gasteiger partial charge in [0.15, 0.2) is 0 Å². The largest absolute Gasteiger partial charge is 0.333 e. The Bertz CT molecular complexity index is 536. The van der Waals surface area contributed by atoms with Crippen molar-refractivity contribution in [2.24, 2.45) is 0 Å². The molecule has 1 aliphatic rings. The van der Waals surface area contributed by atoms with Crippen LogP contribution in [0.25, 0.3) is 0 Å². The number of benzene rings is 1. The van der Waals surface area contributed by atoms with Gasteiger partial charge in [-0.1, -0.05) is 13.0 Å². The van der Waals surface area contributed by atoms with Crippen molar-refractivity contribution in [2.75, 3.05) is 19.6 Å². The van der Waals surface area contributed by atoms with Gasteiger partial charge in [-0.25, -0.2) is 0 Å². The van der Waals surface area contributed by atoms with Crippen molar-refractivity contribution < 1.29 is 9.72 Å². The maximum Gasteiger partial charge on any atom is 0.273 e. The van der Waals surface area contributed by atoms with Gasteiger partial charge in [-0.2, -0.15) is 0 Å². The van der Waals surface area contributed by atoms with Crippen LogP contribution in [0.15, 0.2) is 18.2 Å². The zero-order valence-corrected chi connectivity index (χ0v) is 13.0. The quantitative estimate of drug-likeness (QED) is 0.684. The molecule has 116 valence electrons. The Hall–Kier alpha value is -1.66. The van der Waals surface area contributed by atoms with Crippen LogP contribution in [0.4, 0.5) is 5.69 Å². The smallest absolute Gasteiger partial charge is 0.273 e. The molecule has 0 spiro atoms. The number of amides is 1. The molecule has 0 aromatic heterocycles. The van der Waals surface area contributed by atoms with E-state index in [2.05, 4.69) is 5.32 Å². The number of halogens is 1. The monoisotopic (exact) mass is 313 g/mol. The van der Waals surface area contributed by atoms with Crippen LogP contribution in [0.2, 0.25) is 0 Å². The third kappa shape index (κ3) is 3.71. The van der Waals surface area contributed by atoms with Crippen molar-refractivity contribution in [1.29, 1.82) is 0 Å². The van der Waals surface area contributed by atoms with E-state index in [0.29, 0.717) is 24.1 Å². The molecule has 1 amide bonds. The normalized spacial score (nSPS) is 18.0. The molecule has 2 rings (SSSR count). The molecule has 0 saturated carbocycles. The van der Waals surface area contributed by atoms with Crippen molar-refractivity contribution in [3.8, 4) is 0 Å². The van der Waals surface area contributed by atoms with Crippen LogP contribution in [0, 0.1) is 10.1 Å². The second kappa shape index (κ2) is 7.38. The number of nitro groups is 1. The lowest BCUT2D eigenvalue weighted by atomic mass is 10.1. The van der Waals surface area contributed by atoms with E-state index in [1.54, 1.807) is 17.0 Å². The number of nitrogens with one attached hydrogen (secondary N) is 1. The highest BCUT2D eigenvalue weighted by atomic mass is 35.5. The Morgan fingerprint density at radius 2 is 2.24 bits per heavy atom. The molecule has 1 aromatic carbocycles. The molecule has 1 atom stereocenters. The Labute approximate surface area is 130 Å². The summed E-state index contributed by atoms with van der Waals surface area (Å²) in [5, 5.41) is 14.3. The molecule has 1 heterocycles. The van der Waals surface area contributed by atoms with E-state index >= 15 is 0 Å². The first-order chi connectivity index (χ1) is 9.54. The summed E-state index contributed by atoms with van der Waals surface area (Å²) in [5.74, 6) is -0.134. The molecule has 0 aliphatic carbocycles. The maximum absolute atomic E-state index is 12.5. The van der Waals surface area contributed by atoms with E-state index in [4.69, 9.17) is 0 Å². The molecule has 1 fully saturated rings. The zero-order chi connectivity index (χ0) is 14.7. The van der Waals surface area contributed by atoms with Gasteiger partial charge >= 0.3 is 0 Å². The van der Waals surface area contributed by atoms with Crippen LogP contribution in [-0.4, -0.2) is 41.4 Å². The lowest BCUT2D eigenvalue weighted by molar-refractivity contribution is -0.385. The van der Waals surface area contributed by atoms with Crippen molar-refractivity contribution in [2.45, 2.75) is 26.3 Å². The molecule has 21 heavy (non-hydrogen) atoms. The van der Waals surface area contributed by atoms with Gasteiger partial charge in [-0.05, 0) is 19.4 Å². The molecular formula is C14H20ClN3O3. The maximum atomic E-state index is 12.5. The molecule has 0 unspecified atom stereocenters. The Balaban J connectivity index is 0.00000220. The number of nitro benzene ring substituents is 1. The van der Waals surface area contributed by atoms with E-state index in [0.717, 1.165) is 13.1 Å². The van der Waals surface area contributed by atoms with Gasteiger partial charge in [0.05, 0.1) is 4.92 Å². The summed E-state index contributed by atoms with van der Waals surface area (Å²) >= 11 is 0. The third-order valence-corrected chi connectivity index (χ3v) is 3.67. The first-order valence-corrected chi connectivity index (χ1v) is 6.83. The number of rotatable bonds is 3. The van der Waals surface area contributed by atoms with Gasteiger partial charge in [0.25, 0.3) is 11.6 Å². The molecule has 1 aromatic rings. The summed E-state index contributed by atoms with van der Waals surface area (Å²) in [6.45, 7) is 5.97. The minimum absolute atomic E-state index is 0. The molecule has 1 saturated heterocycles. The number of aryl methyl sites for hydroxylation is 1. The van der Waals surface area contributed by atoms with E-state index in [9.17, 15) is 14.9 Å². The molecular weight excluding hydrogens is 294 g/mol. The summed E-state index contributed by atoms with van der Waals surface area (Å²) in [7, 11) is 0. The number of nitrogens with zero attached hydrogens (tertiary/aromatic N) is 2. The average Bonchev–Trinajstić information content (AvgIpc) is 2.46. The molecule has 1 aliphatic heterocycles. The lowest BCUT2D eigenvalue weighted by Gasteiger charge is -2.34. The SMILES string of the molecule is CCc1ccc(C(=O)N2CCNC[C@H]2C)cc1[N+](=O)[O-].Cl. The zero-order valence-electron chi connectivity index (χ0n) is 12.2. The first-order valence-electron chi connectivity index (χ1n) is 6.83. The molecule has 6 nitrogen and oxygen atoms in total. The highest BCUT2D eigenvalue weighted by Gasteiger charge is 2.25. The van der Waals surface area contributed by atoms with E-state index in [-0.39, 0.29) is 30.0 Å². The number of hydrogen-bond donors (Lipinski definition) is 1. The number of piperazine rings is 1. The predicted octanol–water partition coefficient (Wildman–Crippen LogP) is 2.01. The number of hydrogen-bond acceptors (Lipinski definition) is 4. The van der Waals surface area contributed by atoms with Crippen LogP contribution in [0.5, 0.6) is 0 Å². The highest BCUT2D eigenvalue weighted by Crippen LogP contribution is 2.22. The fourth-order valence-corrected chi connectivity index (χ4v) is 2.47. The lowest BCUT2D eigenvalue weighted by Crippen LogP contribution is -2.52. The second-order valence-corrected chi connectivity index (χ2v) is 5.01. The van der Waals surface area contributed by atoms with Crippen LogP contribution in [-0.2, 0) is 6.42 Å². The first kappa shape index (κ1) is 17.4. The summed E-state index contributed by atoms with van der Waals surface area (Å²) in [5.41, 5.74) is 1.07. The summed E-state index contributed by atoms with van der Waals surface area (Å²) in [6, 6.07) is 4.86. The van der Waals surface area contributed by atoms with Gasteiger partial charge < -0.3 is 10.2 Å². The average molecular weight is 314 g/mol. The van der Waals surface area contributed by atoms with Gasteiger partial charge in [-0.3, -0.25) is 14.9 Å². The minimum atomic E-state index is -0.420. The van der Waals surface area contributed by atoms with Crippen molar-refractivity contribution in [3.63, 3.8) is 0 Å². The van der Waals surface area contributed by atoms with Gasteiger partial charge in [-0.15, -0.1) is 12.4 Å². The molecule has 0 radical (unpaired) electrons. The topological polar surface area (TPSA) is 75.5 Å². The summed E-state index contributed by atoms with van der Waals surface area (Å²) in [6.07, 6.45) is 0.578. The fraction of sp³-hybridized carbons (Fsp3) is 0.500. The number of carbonyl (C=O) groups is 1. The van der Waals surface area contributed by atoms with Crippen molar-refractivity contribution in [3.05, 3.63) is 39.4 Å². The van der Waals surface area contributed by atoms with Crippen molar-refractivity contribution >= 4 is 24.0 Å².